The van der Waals surface area contributed by atoms with Crippen molar-refractivity contribution in [1.82, 2.24) is 5.32 Å². The molecule has 5 nitrogen and oxygen atoms in total. The summed E-state index contributed by atoms with van der Waals surface area (Å²) in [5.74, 6) is 0.820. The molecule has 32 heavy (non-hydrogen) atoms. The topological polar surface area (TPSA) is 44.8 Å². The maximum absolute atomic E-state index is 12.7. The van der Waals surface area contributed by atoms with Gasteiger partial charge in [-0.1, -0.05) is 42.5 Å². The van der Waals surface area contributed by atoms with Crippen molar-refractivity contribution in [1.29, 1.82) is 0 Å². The quantitative estimate of drug-likeness (QED) is 0.582. The first kappa shape index (κ1) is 21.8. The van der Waals surface area contributed by atoms with Gasteiger partial charge in [-0.05, 0) is 53.4 Å². The zero-order valence-electron chi connectivity index (χ0n) is 19.0. The van der Waals surface area contributed by atoms with Gasteiger partial charge in [0.05, 0.1) is 19.6 Å². The number of carbonyl (C=O) groups excluding carboxylic acids is 1. The molecule has 5 heteroatoms. The number of methoxy groups -OCH3 is 1. The van der Waals surface area contributed by atoms with E-state index in [1.807, 2.05) is 38.4 Å². The number of nitrogens with zero attached hydrogens (tertiary/aromatic N) is 2. The fourth-order valence-corrected chi connectivity index (χ4v) is 4.29. The molecule has 0 unspecified atom stereocenters. The van der Waals surface area contributed by atoms with E-state index in [-0.39, 0.29) is 11.9 Å². The van der Waals surface area contributed by atoms with Crippen LogP contribution in [-0.4, -0.2) is 40.2 Å². The van der Waals surface area contributed by atoms with Crippen molar-refractivity contribution in [3.8, 4) is 5.75 Å². The van der Waals surface area contributed by atoms with E-state index in [2.05, 4.69) is 63.6 Å². The first-order valence-corrected chi connectivity index (χ1v) is 11.1. The van der Waals surface area contributed by atoms with Gasteiger partial charge in [0.2, 0.25) is 5.91 Å². The minimum atomic E-state index is 0.0255. The smallest absolute Gasteiger partial charge is 0.224 e. The Bertz CT molecular complexity index is 1050. The van der Waals surface area contributed by atoms with Crippen LogP contribution in [0.1, 0.15) is 22.7 Å². The molecule has 1 aliphatic rings. The van der Waals surface area contributed by atoms with E-state index in [4.69, 9.17) is 4.74 Å². The Morgan fingerprint density at radius 3 is 2.44 bits per heavy atom. The molecule has 166 valence electrons. The molecule has 0 radical (unpaired) electrons. The maximum atomic E-state index is 12.7. The first-order valence-electron chi connectivity index (χ1n) is 11.1. The van der Waals surface area contributed by atoms with E-state index < -0.39 is 0 Å². The maximum Gasteiger partial charge on any atom is 0.224 e. The van der Waals surface area contributed by atoms with E-state index >= 15 is 0 Å². The number of rotatable bonds is 8. The minimum absolute atomic E-state index is 0.0255. The molecular formula is C27H31N3O2. The fraction of sp³-hybridized carbons (Fsp3) is 0.296. The predicted octanol–water partition coefficient (Wildman–Crippen LogP) is 4.22. The Morgan fingerprint density at radius 2 is 1.75 bits per heavy atom. The first-order chi connectivity index (χ1) is 15.5. The summed E-state index contributed by atoms with van der Waals surface area (Å²) in [5, 5.41) is 3.18. The molecule has 0 fully saturated rings. The number of anilines is 2. The van der Waals surface area contributed by atoms with Crippen LogP contribution < -0.4 is 19.9 Å². The van der Waals surface area contributed by atoms with Gasteiger partial charge in [0.25, 0.3) is 0 Å². The second-order valence-corrected chi connectivity index (χ2v) is 8.40. The predicted molar refractivity (Wildman–Crippen MR) is 131 cm³/mol. The van der Waals surface area contributed by atoms with Crippen molar-refractivity contribution in [2.45, 2.75) is 18.9 Å². The summed E-state index contributed by atoms with van der Waals surface area (Å²) in [6, 6.07) is 24.9. The lowest BCUT2D eigenvalue weighted by Gasteiger charge is -2.31. The zero-order chi connectivity index (χ0) is 22.5. The zero-order valence-corrected chi connectivity index (χ0v) is 19.0. The normalized spacial score (nSPS) is 13.4. The summed E-state index contributed by atoms with van der Waals surface area (Å²) in [5.41, 5.74) is 5.97. The van der Waals surface area contributed by atoms with Gasteiger partial charge in [-0.25, -0.2) is 0 Å². The van der Waals surface area contributed by atoms with Crippen LogP contribution in [0.15, 0.2) is 72.8 Å². The lowest BCUT2D eigenvalue weighted by molar-refractivity contribution is -0.120. The van der Waals surface area contributed by atoms with Crippen LogP contribution in [0.2, 0.25) is 0 Å². The third-order valence-electron chi connectivity index (χ3n) is 6.11. The van der Waals surface area contributed by atoms with Crippen LogP contribution >= 0.6 is 0 Å². The summed E-state index contributed by atoms with van der Waals surface area (Å²) in [7, 11) is 5.73. The second kappa shape index (κ2) is 9.77. The fourth-order valence-electron chi connectivity index (χ4n) is 4.29. The number of amides is 1. The van der Waals surface area contributed by atoms with Crippen molar-refractivity contribution in [3.05, 3.63) is 89.5 Å². The van der Waals surface area contributed by atoms with Gasteiger partial charge >= 0.3 is 0 Å². The molecule has 3 aromatic carbocycles. The highest BCUT2D eigenvalue weighted by atomic mass is 16.5. The number of benzene rings is 3. The van der Waals surface area contributed by atoms with Crippen molar-refractivity contribution < 1.29 is 9.53 Å². The van der Waals surface area contributed by atoms with Gasteiger partial charge in [0, 0.05) is 38.6 Å². The standard InChI is InChI=1S/C27H31N3O2/c1-29(2)23-12-10-22(11-13-23)26(30-17-16-21-6-4-5-7-25(21)30)19-28-27(31)18-20-8-14-24(32-3)15-9-20/h4-15,26H,16-19H2,1-3H3,(H,28,31)/t26-/m1/s1. The number of hydrogen-bond donors (Lipinski definition) is 1. The lowest BCUT2D eigenvalue weighted by atomic mass is 10.0. The Labute approximate surface area is 190 Å². The summed E-state index contributed by atoms with van der Waals surface area (Å²) >= 11 is 0. The largest absolute Gasteiger partial charge is 0.497 e. The number of para-hydroxylation sites is 1. The molecule has 0 spiro atoms. The molecule has 1 atom stereocenters. The SMILES string of the molecule is COc1ccc(CC(=O)NC[C@H](c2ccc(N(C)C)cc2)N2CCc3ccccc32)cc1. The monoisotopic (exact) mass is 429 g/mol. The molecule has 1 N–H and O–H groups in total. The van der Waals surface area contributed by atoms with Gasteiger partial charge in [0.15, 0.2) is 0 Å². The highest BCUT2D eigenvalue weighted by Gasteiger charge is 2.27. The summed E-state index contributed by atoms with van der Waals surface area (Å²) in [6.45, 7) is 1.51. The summed E-state index contributed by atoms with van der Waals surface area (Å²) < 4.78 is 5.20. The van der Waals surface area contributed by atoms with E-state index in [0.717, 1.165) is 30.0 Å². The second-order valence-electron chi connectivity index (χ2n) is 8.40. The van der Waals surface area contributed by atoms with Crippen LogP contribution in [0.4, 0.5) is 11.4 Å². The molecular weight excluding hydrogens is 398 g/mol. The molecule has 0 saturated carbocycles. The number of nitrogens with one attached hydrogen (secondary N) is 1. The molecule has 0 aromatic heterocycles. The minimum Gasteiger partial charge on any atom is -0.497 e. The number of carbonyl (C=O) groups is 1. The van der Waals surface area contributed by atoms with Crippen LogP contribution in [-0.2, 0) is 17.6 Å². The summed E-state index contributed by atoms with van der Waals surface area (Å²) in [4.78, 5) is 17.3. The molecule has 1 amide bonds. The molecule has 1 heterocycles. The lowest BCUT2D eigenvalue weighted by Crippen LogP contribution is -2.38. The molecule has 0 bridgehead atoms. The van der Waals surface area contributed by atoms with Crippen LogP contribution in [0.3, 0.4) is 0 Å². The van der Waals surface area contributed by atoms with Gasteiger partial charge < -0.3 is 19.9 Å². The highest BCUT2D eigenvalue weighted by Crippen LogP contribution is 2.35. The van der Waals surface area contributed by atoms with E-state index in [9.17, 15) is 4.79 Å². The van der Waals surface area contributed by atoms with Crippen LogP contribution in [0.5, 0.6) is 5.75 Å². The number of fused-ring (bicyclic) bond motifs is 1. The van der Waals surface area contributed by atoms with Crippen LogP contribution in [0.25, 0.3) is 0 Å². The van der Waals surface area contributed by atoms with Crippen molar-refractivity contribution in [2.24, 2.45) is 0 Å². The van der Waals surface area contributed by atoms with Gasteiger partial charge in [-0.15, -0.1) is 0 Å². The van der Waals surface area contributed by atoms with E-state index in [1.54, 1.807) is 7.11 Å². The molecule has 0 saturated heterocycles. The summed E-state index contributed by atoms with van der Waals surface area (Å²) in [6.07, 6.45) is 1.38. The molecule has 3 aromatic rings. The molecule has 4 rings (SSSR count). The third kappa shape index (κ3) is 4.88. The molecule has 1 aliphatic heterocycles. The van der Waals surface area contributed by atoms with Crippen molar-refractivity contribution >= 4 is 17.3 Å². The van der Waals surface area contributed by atoms with Gasteiger partial charge in [-0.2, -0.15) is 0 Å². The van der Waals surface area contributed by atoms with E-state index in [0.29, 0.717) is 13.0 Å². The number of ether oxygens (including phenoxy) is 1. The average molecular weight is 430 g/mol. The third-order valence-corrected chi connectivity index (χ3v) is 6.11. The molecule has 0 aliphatic carbocycles. The van der Waals surface area contributed by atoms with Crippen LogP contribution in [0, 0.1) is 0 Å². The Balaban J connectivity index is 1.51. The average Bonchev–Trinajstić information content (AvgIpc) is 3.24. The van der Waals surface area contributed by atoms with E-state index in [1.165, 1.54) is 16.8 Å². The Kier molecular flexibility index (Phi) is 6.64. The Morgan fingerprint density at radius 1 is 1.03 bits per heavy atom. The number of hydrogen-bond acceptors (Lipinski definition) is 4. The van der Waals surface area contributed by atoms with Gasteiger partial charge in [-0.3, -0.25) is 4.79 Å². The Hall–Kier alpha value is -3.47. The highest BCUT2D eigenvalue weighted by molar-refractivity contribution is 5.78. The van der Waals surface area contributed by atoms with Gasteiger partial charge in [0.1, 0.15) is 5.75 Å². The van der Waals surface area contributed by atoms with Crippen molar-refractivity contribution in [2.75, 3.05) is 44.1 Å². The van der Waals surface area contributed by atoms with Crippen molar-refractivity contribution in [3.63, 3.8) is 0 Å².